The molecule has 63 heavy (non-hydrogen) atoms. The van der Waals surface area contributed by atoms with Crippen LogP contribution in [0.25, 0.3) is 128 Å². The molecule has 0 bridgehead atoms. The van der Waals surface area contributed by atoms with Crippen LogP contribution in [0.5, 0.6) is 0 Å². The third-order valence-corrected chi connectivity index (χ3v) is 12.4. The molecule has 0 aliphatic rings. The van der Waals surface area contributed by atoms with Crippen molar-refractivity contribution < 1.29 is 8.83 Å². The predicted molar refractivity (Wildman–Crippen MR) is 258 cm³/mol. The van der Waals surface area contributed by atoms with E-state index in [0.717, 1.165) is 111 Å². The number of furan rings is 2. The molecule has 5 nitrogen and oxygen atoms in total. The lowest BCUT2D eigenvalue weighted by atomic mass is 9.93. The van der Waals surface area contributed by atoms with Crippen LogP contribution in [-0.4, -0.2) is 14.5 Å². The molecule has 0 N–H and O–H groups in total. The standard InChI is InChI=1S/C58H35N3O2/c1-2-16-36(17-3-1)49-35-50(60-58(59-49)48-22-6-11-29-53(48)61-51-27-9-4-18-42(51)43-19-5-10-28-52(43)61)39-33-37(40-23-14-25-46-44-20-7-12-30-54(44)62-56(40)46)32-38(34-39)41-24-15-26-47-45-21-8-13-31-55(45)63-57(41)47/h1-35H. The quantitative estimate of drug-likeness (QED) is 0.168. The van der Waals surface area contributed by atoms with Crippen LogP contribution in [0, 0.1) is 0 Å². The van der Waals surface area contributed by atoms with E-state index in [1.54, 1.807) is 0 Å². The van der Waals surface area contributed by atoms with Crippen molar-refractivity contribution in [1.82, 2.24) is 14.5 Å². The lowest BCUT2D eigenvalue weighted by molar-refractivity contribution is 0.670. The highest BCUT2D eigenvalue weighted by Crippen LogP contribution is 2.43. The Hall–Kier alpha value is -8.54. The molecule has 0 fully saturated rings. The SMILES string of the molecule is c1ccc(-c2cc(-c3cc(-c4cccc5c4oc4ccccc45)cc(-c4cccc5c4oc4ccccc45)c3)nc(-c3ccccc3-n3c4ccccc4c4ccccc43)n2)cc1. The molecule has 0 radical (unpaired) electrons. The van der Waals surface area contributed by atoms with Gasteiger partial charge in [0, 0.05) is 60.1 Å². The number of nitrogens with zero attached hydrogens (tertiary/aromatic N) is 3. The number of hydrogen-bond donors (Lipinski definition) is 0. The molecule has 0 saturated heterocycles. The molecule has 0 aliphatic carbocycles. The van der Waals surface area contributed by atoms with Crippen molar-refractivity contribution >= 4 is 65.7 Å². The number of fused-ring (bicyclic) bond motifs is 9. The van der Waals surface area contributed by atoms with Gasteiger partial charge in [0.2, 0.25) is 0 Å². The van der Waals surface area contributed by atoms with E-state index in [1.165, 1.54) is 10.8 Å². The van der Waals surface area contributed by atoms with Crippen LogP contribution in [0.2, 0.25) is 0 Å². The van der Waals surface area contributed by atoms with Crippen LogP contribution in [0.4, 0.5) is 0 Å². The minimum absolute atomic E-state index is 0.634. The van der Waals surface area contributed by atoms with E-state index < -0.39 is 0 Å². The van der Waals surface area contributed by atoms with Crippen LogP contribution >= 0.6 is 0 Å². The average Bonchev–Trinajstić information content (AvgIpc) is 4.04. The summed E-state index contributed by atoms with van der Waals surface area (Å²) in [6, 6.07) is 74.2. The van der Waals surface area contributed by atoms with Gasteiger partial charge < -0.3 is 13.4 Å². The fraction of sp³-hybridized carbons (Fsp3) is 0. The fourth-order valence-electron chi connectivity index (χ4n) is 9.55. The minimum Gasteiger partial charge on any atom is -0.455 e. The molecule has 13 rings (SSSR count). The van der Waals surface area contributed by atoms with E-state index in [-0.39, 0.29) is 0 Å². The summed E-state index contributed by atoms with van der Waals surface area (Å²) in [6.07, 6.45) is 0. The zero-order valence-electron chi connectivity index (χ0n) is 33.9. The molecule has 9 aromatic carbocycles. The third-order valence-electron chi connectivity index (χ3n) is 12.4. The molecule has 0 spiro atoms. The summed E-state index contributed by atoms with van der Waals surface area (Å²) in [7, 11) is 0. The van der Waals surface area contributed by atoms with Crippen molar-refractivity contribution in [3.05, 3.63) is 212 Å². The molecule has 0 unspecified atom stereocenters. The maximum atomic E-state index is 6.66. The summed E-state index contributed by atoms with van der Waals surface area (Å²) in [5.74, 6) is 0.634. The summed E-state index contributed by atoms with van der Waals surface area (Å²) in [5, 5.41) is 6.73. The van der Waals surface area contributed by atoms with Crippen molar-refractivity contribution in [2.75, 3.05) is 0 Å². The molecular weight excluding hydrogens is 771 g/mol. The van der Waals surface area contributed by atoms with Gasteiger partial charge in [0.05, 0.1) is 28.1 Å². The summed E-state index contributed by atoms with van der Waals surface area (Å²) >= 11 is 0. The summed E-state index contributed by atoms with van der Waals surface area (Å²) in [4.78, 5) is 10.9. The zero-order valence-corrected chi connectivity index (χ0v) is 33.9. The third kappa shape index (κ3) is 5.64. The molecule has 0 amide bonds. The van der Waals surface area contributed by atoms with Gasteiger partial charge in [0.15, 0.2) is 5.82 Å². The highest BCUT2D eigenvalue weighted by atomic mass is 16.3. The highest BCUT2D eigenvalue weighted by Gasteiger charge is 2.21. The topological polar surface area (TPSA) is 57.0 Å². The number of aromatic nitrogens is 3. The highest BCUT2D eigenvalue weighted by molar-refractivity contribution is 6.12. The Morgan fingerprint density at radius 2 is 0.762 bits per heavy atom. The predicted octanol–water partition coefficient (Wildman–Crippen LogP) is 15.7. The average molecular weight is 806 g/mol. The van der Waals surface area contributed by atoms with Gasteiger partial charge in [0.1, 0.15) is 22.3 Å². The molecule has 5 heteroatoms. The van der Waals surface area contributed by atoms with Crippen LogP contribution < -0.4 is 0 Å². The van der Waals surface area contributed by atoms with Gasteiger partial charge >= 0.3 is 0 Å². The first kappa shape index (κ1) is 35.2. The van der Waals surface area contributed by atoms with E-state index in [1.807, 2.05) is 30.3 Å². The van der Waals surface area contributed by atoms with E-state index in [9.17, 15) is 0 Å². The Labute approximate surface area is 361 Å². The summed E-state index contributed by atoms with van der Waals surface area (Å²) in [6.45, 7) is 0. The first-order valence-electron chi connectivity index (χ1n) is 21.2. The van der Waals surface area contributed by atoms with Gasteiger partial charge in [-0.15, -0.1) is 0 Å². The monoisotopic (exact) mass is 805 g/mol. The minimum atomic E-state index is 0.634. The Morgan fingerprint density at radius 1 is 0.317 bits per heavy atom. The summed E-state index contributed by atoms with van der Waals surface area (Å²) < 4.78 is 15.7. The first-order valence-corrected chi connectivity index (χ1v) is 21.2. The van der Waals surface area contributed by atoms with Crippen molar-refractivity contribution in [3.8, 4) is 61.8 Å². The maximum Gasteiger partial charge on any atom is 0.162 e. The van der Waals surface area contributed by atoms with Crippen molar-refractivity contribution in [2.24, 2.45) is 0 Å². The van der Waals surface area contributed by atoms with Crippen LogP contribution in [0.3, 0.4) is 0 Å². The fourth-order valence-corrected chi connectivity index (χ4v) is 9.55. The Kier molecular flexibility index (Phi) is 7.84. The van der Waals surface area contributed by atoms with Gasteiger partial charge in [-0.1, -0.05) is 152 Å². The largest absolute Gasteiger partial charge is 0.455 e. The molecule has 0 atom stereocenters. The van der Waals surface area contributed by atoms with E-state index >= 15 is 0 Å². The van der Waals surface area contributed by atoms with Crippen LogP contribution in [-0.2, 0) is 0 Å². The van der Waals surface area contributed by atoms with E-state index in [2.05, 4.69) is 187 Å². The van der Waals surface area contributed by atoms with Crippen molar-refractivity contribution in [3.63, 3.8) is 0 Å². The molecule has 4 aromatic heterocycles. The summed E-state index contributed by atoms with van der Waals surface area (Å²) in [5.41, 5.74) is 15.2. The smallest absolute Gasteiger partial charge is 0.162 e. The lowest BCUT2D eigenvalue weighted by Crippen LogP contribution is -2.01. The number of hydrogen-bond acceptors (Lipinski definition) is 4. The maximum absolute atomic E-state index is 6.66. The second-order valence-corrected chi connectivity index (χ2v) is 16.1. The number of benzene rings is 9. The molecule has 294 valence electrons. The van der Waals surface area contributed by atoms with Crippen LogP contribution in [0.15, 0.2) is 221 Å². The Bertz CT molecular complexity index is 3740. The molecule has 13 aromatic rings. The van der Waals surface area contributed by atoms with Gasteiger partial charge in [0.25, 0.3) is 0 Å². The number of para-hydroxylation sites is 7. The second kappa shape index (κ2) is 14.0. The van der Waals surface area contributed by atoms with Gasteiger partial charge in [-0.05, 0) is 71.8 Å². The molecular formula is C58H35N3O2. The van der Waals surface area contributed by atoms with E-state index in [4.69, 9.17) is 18.8 Å². The van der Waals surface area contributed by atoms with Crippen molar-refractivity contribution in [1.29, 1.82) is 0 Å². The number of rotatable bonds is 6. The van der Waals surface area contributed by atoms with Gasteiger partial charge in [-0.2, -0.15) is 0 Å². The molecule has 0 aliphatic heterocycles. The van der Waals surface area contributed by atoms with Crippen LogP contribution in [0.1, 0.15) is 0 Å². The lowest BCUT2D eigenvalue weighted by Gasteiger charge is -2.16. The molecule has 4 heterocycles. The Balaban J connectivity index is 1.08. The first-order chi connectivity index (χ1) is 31.2. The zero-order chi connectivity index (χ0) is 41.4. The normalized spacial score (nSPS) is 11.8. The Morgan fingerprint density at radius 3 is 1.37 bits per heavy atom. The van der Waals surface area contributed by atoms with Crippen molar-refractivity contribution in [2.45, 2.75) is 0 Å². The van der Waals surface area contributed by atoms with Gasteiger partial charge in [-0.25, -0.2) is 9.97 Å². The van der Waals surface area contributed by atoms with E-state index in [0.29, 0.717) is 5.82 Å². The van der Waals surface area contributed by atoms with Gasteiger partial charge in [-0.3, -0.25) is 0 Å². The second-order valence-electron chi connectivity index (χ2n) is 16.1. The molecule has 0 saturated carbocycles.